The summed E-state index contributed by atoms with van der Waals surface area (Å²) in [4.78, 5) is 0. The lowest BCUT2D eigenvalue weighted by atomic mass is 10.1. The molecule has 1 heterocycles. The summed E-state index contributed by atoms with van der Waals surface area (Å²) in [5, 5.41) is 17.1. The Labute approximate surface area is 120 Å². The van der Waals surface area contributed by atoms with E-state index in [1.54, 1.807) is 0 Å². The molecule has 20 heavy (non-hydrogen) atoms. The lowest BCUT2D eigenvalue weighted by Crippen LogP contribution is -2.07. The van der Waals surface area contributed by atoms with E-state index in [0.717, 1.165) is 35.6 Å². The van der Waals surface area contributed by atoms with Crippen molar-refractivity contribution in [2.45, 2.75) is 33.7 Å². The SMILES string of the molecule is CCc1c(C)nn(-c2ccc(CNC)cc2C#N)c1C. The van der Waals surface area contributed by atoms with Gasteiger partial charge in [0.15, 0.2) is 0 Å². The van der Waals surface area contributed by atoms with Gasteiger partial charge >= 0.3 is 0 Å². The number of rotatable bonds is 4. The zero-order chi connectivity index (χ0) is 14.7. The Morgan fingerprint density at radius 1 is 1.35 bits per heavy atom. The van der Waals surface area contributed by atoms with E-state index >= 15 is 0 Å². The summed E-state index contributed by atoms with van der Waals surface area (Å²) in [6.07, 6.45) is 0.956. The van der Waals surface area contributed by atoms with Gasteiger partial charge in [0.05, 0.1) is 16.9 Å². The van der Waals surface area contributed by atoms with Crippen LogP contribution in [0, 0.1) is 25.2 Å². The van der Waals surface area contributed by atoms with Gasteiger partial charge in [-0.1, -0.05) is 13.0 Å². The van der Waals surface area contributed by atoms with Crippen LogP contribution in [0.1, 0.15) is 35.0 Å². The molecule has 0 saturated carbocycles. The van der Waals surface area contributed by atoms with Gasteiger partial charge in [-0.25, -0.2) is 4.68 Å². The van der Waals surface area contributed by atoms with Gasteiger partial charge in [0.2, 0.25) is 0 Å². The van der Waals surface area contributed by atoms with Crippen molar-refractivity contribution in [3.8, 4) is 11.8 Å². The van der Waals surface area contributed by atoms with E-state index in [4.69, 9.17) is 0 Å². The van der Waals surface area contributed by atoms with Crippen LogP contribution in [-0.4, -0.2) is 16.8 Å². The molecule has 104 valence electrons. The van der Waals surface area contributed by atoms with Crippen LogP contribution in [0.25, 0.3) is 5.69 Å². The largest absolute Gasteiger partial charge is 0.316 e. The Hall–Kier alpha value is -2.12. The Bertz CT molecular complexity index is 662. The second kappa shape index (κ2) is 5.89. The molecule has 0 amide bonds. The Morgan fingerprint density at radius 2 is 2.10 bits per heavy atom. The highest BCUT2D eigenvalue weighted by Crippen LogP contribution is 2.21. The van der Waals surface area contributed by atoms with Gasteiger partial charge in [-0.15, -0.1) is 0 Å². The fraction of sp³-hybridized carbons (Fsp3) is 0.375. The summed E-state index contributed by atoms with van der Waals surface area (Å²) in [5.41, 5.74) is 6.02. The molecule has 1 aromatic heterocycles. The molecule has 1 aromatic carbocycles. The number of nitrogens with one attached hydrogen (secondary N) is 1. The van der Waals surface area contributed by atoms with E-state index in [2.05, 4.69) is 30.3 Å². The van der Waals surface area contributed by atoms with Crippen molar-refractivity contribution in [3.05, 3.63) is 46.3 Å². The van der Waals surface area contributed by atoms with Crippen LogP contribution < -0.4 is 5.32 Å². The van der Waals surface area contributed by atoms with E-state index in [0.29, 0.717) is 5.56 Å². The molecule has 0 radical (unpaired) electrons. The topological polar surface area (TPSA) is 53.6 Å². The monoisotopic (exact) mass is 268 g/mol. The van der Waals surface area contributed by atoms with Crippen LogP contribution in [-0.2, 0) is 13.0 Å². The highest BCUT2D eigenvalue weighted by molar-refractivity contribution is 5.51. The molecule has 4 heteroatoms. The fourth-order valence-electron chi connectivity index (χ4n) is 2.59. The first-order chi connectivity index (χ1) is 9.62. The van der Waals surface area contributed by atoms with Crippen molar-refractivity contribution in [2.24, 2.45) is 0 Å². The normalized spacial score (nSPS) is 10.6. The second-order valence-electron chi connectivity index (χ2n) is 4.91. The molecule has 0 aliphatic heterocycles. The van der Waals surface area contributed by atoms with Crippen LogP contribution >= 0.6 is 0 Å². The van der Waals surface area contributed by atoms with Crippen molar-refractivity contribution in [1.29, 1.82) is 5.26 Å². The molecule has 0 aliphatic carbocycles. The van der Waals surface area contributed by atoms with Gasteiger partial charge in [-0.2, -0.15) is 10.4 Å². The summed E-state index contributed by atoms with van der Waals surface area (Å²) in [6.45, 7) is 6.96. The maximum Gasteiger partial charge on any atom is 0.101 e. The van der Waals surface area contributed by atoms with Gasteiger partial charge in [0.1, 0.15) is 6.07 Å². The summed E-state index contributed by atoms with van der Waals surface area (Å²) < 4.78 is 1.88. The van der Waals surface area contributed by atoms with Crippen molar-refractivity contribution in [2.75, 3.05) is 7.05 Å². The number of benzene rings is 1. The zero-order valence-electron chi connectivity index (χ0n) is 12.5. The van der Waals surface area contributed by atoms with Gasteiger partial charge in [-0.3, -0.25) is 0 Å². The van der Waals surface area contributed by atoms with Gasteiger partial charge in [0.25, 0.3) is 0 Å². The number of nitrogens with zero attached hydrogens (tertiary/aromatic N) is 3. The highest BCUT2D eigenvalue weighted by Gasteiger charge is 2.14. The van der Waals surface area contributed by atoms with E-state index < -0.39 is 0 Å². The van der Waals surface area contributed by atoms with Gasteiger partial charge in [-0.05, 0) is 50.6 Å². The highest BCUT2D eigenvalue weighted by atomic mass is 15.3. The second-order valence-corrected chi connectivity index (χ2v) is 4.91. The van der Waals surface area contributed by atoms with Crippen LogP contribution in [0.5, 0.6) is 0 Å². The minimum atomic E-state index is 0.658. The number of aromatic nitrogens is 2. The van der Waals surface area contributed by atoms with Crippen molar-refractivity contribution in [1.82, 2.24) is 15.1 Å². The Morgan fingerprint density at radius 3 is 2.65 bits per heavy atom. The summed E-state index contributed by atoms with van der Waals surface area (Å²) in [7, 11) is 1.90. The van der Waals surface area contributed by atoms with Crippen LogP contribution in [0.15, 0.2) is 18.2 Å². The lowest BCUT2D eigenvalue weighted by molar-refractivity contribution is 0.808. The summed E-state index contributed by atoms with van der Waals surface area (Å²) >= 11 is 0. The standard InChI is InChI=1S/C16H20N4/c1-5-15-11(2)19-20(12(15)3)16-7-6-13(10-18-4)8-14(16)9-17/h6-8,18H,5,10H2,1-4H3. The third kappa shape index (κ3) is 2.45. The molecule has 0 atom stereocenters. The predicted octanol–water partition coefficient (Wildman–Crippen LogP) is 2.64. The first-order valence-corrected chi connectivity index (χ1v) is 6.85. The van der Waals surface area contributed by atoms with E-state index in [-0.39, 0.29) is 0 Å². The third-order valence-corrected chi connectivity index (χ3v) is 3.59. The molecular formula is C16H20N4. The minimum absolute atomic E-state index is 0.658. The number of aryl methyl sites for hydroxylation is 1. The first kappa shape index (κ1) is 14.3. The molecule has 4 nitrogen and oxygen atoms in total. The molecule has 1 N–H and O–H groups in total. The van der Waals surface area contributed by atoms with E-state index in [9.17, 15) is 5.26 Å². The maximum atomic E-state index is 9.39. The number of hydrogen-bond donors (Lipinski definition) is 1. The summed E-state index contributed by atoms with van der Waals surface area (Å²) in [6, 6.07) is 8.22. The average molecular weight is 268 g/mol. The molecule has 2 aromatic rings. The third-order valence-electron chi connectivity index (χ3n) is 3.59. The molecule has 0 spiro atoms. The van der Waals surface area contributed by atoms with E-state index in [1.807, 2.05) is 36.9 Å². The molecular weight excluding hydrogens is 248 g/mol. The van der Waals surface area contributed by atoms with Crippen LogP contribution in [0.4, 0.5) is 0 Å². The van der Waals surface area contributed by atoms with Crippen molar-refractivity contribution >= 4 is 0 Å². The van der Waals surface area contributed by atoms with Crippen LogP contribution in [0.2, 0.25) is 0 Å². The fourth-order valence-corrected chi connectivity index (χ4v) is 2.59. The first-order valence-electron chi connectivity index (χ1n) is 6.85. The van der Waals surface area contributed by atoms with Gasteiger partial charge in [0, 0.05) is 12.2 Å². The van der Waals surface area contributed by atoms with Gasteiger partial charge < -0.3 is 5.32 Å². The number of nitriles is 1. The minimum Gasteiger partial charge on any atom is -0.316 e. The van der Waals surface area contributed by atoms with Crippen molar-refractivity contribution < 1.29 is 0 Å². The smallest absolute Gasteiger partial charge is 0.101 e. The Balaban J connectivity index is 2.56. The average Bonchev–Trinajstić information content (AvgIpc) is 2.73. The summed E-state index contributed by atoms with van der Waals surface area (Å²) in [5.74, 6) is 0. The lowest BCUT2D eigenvalue weighted by Gasteiger charge is -2.09. The maximum absolute atomic E-state index is 9.39. The predicted molar refractivity (Wildman–Crippen MR) is 79.9 cm³/mol. The quantitative estimate of drug-likeness (QED) is 0.927. The Kier molecular flexibility index (Phi) is 4.21. The van der Waals surface area contributed by atoms with Crippen molar-refractivity contribution in [3.63, 3.8) is 0 Å². The van der Waals surface area contributed by atoms with Crippen LogP contribution in [0.3, 0.4) is 0 Å². The molecule has 0 saturated heterocycles. The molecule has 0 bridgehead atoms. The number of hydrogen-bond acceptors (Lipinski definition) is 3. The molecule has 0 fully saturated rings. The van der Waals surface area contributed by atoms with E-state index in [1.165, 1.54) is 5.56 Å². The molecule has 0 unspecified atom stereocenters. The molecule has 2 rings (SSSR count). The zero-order valence-corrected chi connectivity index (χ0v) is 12.5. The molecule has 0 aliphatic rings.